The molecule has 0 saturated heterocycles. The number of aromatic carboxylic acids is 1. The third-order valence-electron chi connectivity index (χ3n) is 2.78. The van der Waals surface area contributed by atoms with Crippen LogP contribution < -0.4 is 5.32 Å². The average Bonchev–Trinajstić information content (AvgIpc) is 3.01. The first-order valence-electron chi connectivity index (χ1n) is 5.61. The van der Waals surface area contributed by atoms with Crippen LogP contribution in [0.2, 0.25) is 0 Å². The summed E-state index contributed by atoms with van der Waals surface area (Å²) in [6.45, 7) is 2.10. The van der Waals surface area contributed by atoms with Crippen molar-refractivity contribution in [1.82, 2.24) is 4.98 Å². The number of rotatable bonds is 5. The Morgan fingerprint density at radius 3 is 3.06 bits per heavy atom. The summed E-state index contributed by atoms with van der Waals surface area (Å²) in [5, 5.41) is 12.1. The normalized spacial score (nSPS) is 16.8. The van der Waals surface area contributed by atoms with Crippen molar-refractivity contribution in [3.8, 4) is 0 Å². The summed E-state index contributed by atoms with van der Waals surface area (Å²) in [4.78, 5) is 14.9. The van der Waals surface area contributed by atoms with Crippen LogP contribution in [0.4, 0.5) is 5.82 Å². The highest BCUT2D eigenvalue weighted by Gasteiger charge is 2.23. The molecule has 16 heavy (non-hydrogen) atoms. The van der Waals surface area contributed by atoms with Gasteiger partial charge in [0.1, 0.15) is 5.82 Å². The number of anilines is 1. The van der Waals surface area contributed by atoms with E-state index in [2.05, 4.69) is 17.2 Å². The van der Waals surface area contributed by atoms with Crippen LogP contribution in [-0.2, 0) is 0 Å². The Bertz CT molecular complexity index is 388. The number of pyridine rings is 1. The smallest absolute Gasteiger partial charge is 0.335 e. The van der Waals surface area contributed by atoms with Gasteiger partial charge in [-0.05, 0) is 31.4 Å². The quantitative estimate of drug-likeness (QED) is 0.799. The third-order valence-corrected chi connectivity index (χ3v) is 2.78. The molecule has 86 valence electrons. The molecule has 2 rings (SSSR count). The maximum Gasteiger partial charge on any atom is 0.335 e. The third kappa shape index (κ3) is 2.95. The van der Waals surface area contributed by atoms with Crippen LogP contribution in [0.15, 0.2) is 18.3 Å². The van der Waals surface area contributed by atoms with E-state index in [1.54, 1.807) is 6.07 Å². The molecule has 4 nitrogen and oxygen atoms in total. The fraction of sp³-hybridized carbons (Fsp3) is 0.500. The second-order valence-electron chi connectivity index (χ2n) is 4.46. The first kappa shape index (κ1) is 10.9. The van der Waals surface area contributed by atoms with Crippen LogP contribution in [-0.4, -0.2) is 22.1 Å². The summed E-state index contributed by atoms with van der Waals surface area (Å²) in [7, 11) is 0. The predicted octanol–water partition coefficient (Wildman–Crippen LogP) is 2.38. The molecule has 1 atom stereocenters. The molecule has 1 aromatic rings. The molecule has 1 heterocycles. The molecule has 1 unspecified atom stereocenters. The van der Waals surface area contributed by atoms with Gasteiger partial charge in [-0.1, -0.05) is 12.8 Å². The summed E-state index contributed by atoms with van der Waals surface area (Å²) in [6, 6.07) is 3.43. The number of carbonyl (C=O) groups is 1. The van der Waals surface area contributed by atoms with Gasteiger partial charge in [0, 0.05) is 12.2 Å². The lowest BCUT2D eigenvalue weighted by atomic mass is 10.1. The lowest BCUT2D eigenvalue weighted by molar-refractivity contribution is 0.0697. The first-order chi connectivity index (χ1) is 7.65. The van der Waals surface area contributed by atoms with E-state index in [0.717, 1.165) is 12.3 Å². The standard InChI is InChI=1S/C12H16N2O2/c1-8(6-9-2-3-9)14-11-7-10(12(15)16)4-5-13-11/h4-5,7-9H,2-3,6H2,1H3,(H,13,14)(H,15,16). The average molecular weight is 220 g/mol. The summed E-state index contributed by atoms with van der Waals surface area (Å²) in [6.07, 6.45) is 5.32. The number of nitrogens with zero attached hydrogens (tertiary/aromatic N) is 1. The zero-order valence-electron chi connectivity index (χ0n) is 9.31. The molecular formula is C12H16N2O2. The molecule has 0 radical (unpaired) electrons. The summed E-state index contributed by atoms with van der Waals surface area (Å²) < 4.78 is 0. The minimum atomic E-state index is -0.916. The fourth-order valence-electron chi connectivity index (χ4n) is 1.81. The summed E-state index contributed by atoms with van der Waals surface area (Å²) >= 11 is 0. The van der Waals surface area contributed by atoms with Crippen LogP contribution >= 0.6 is 0 Å². The molecule has 0 spiro atoms. The molecule has 0 aliphatic heterocycles. The highest BCUT2D eigenvalue weighted by atomic mass is 16.4. The van der Waals surface area contributed by atoms with Gasteiger partial charge in [-0.15, -0.1) is 0 Å². The van der Waals surface area contributed by atoms with E-state index in [1.165, 1.54) is 25.1 Å². The molecule has 2 N–H and O–H groups in total. The van der Waals surface area contributed by atoms with E-state index >= 15 is 0 Å². The Labute approximate surface area is 94.7 Å². The molecular weight excluding hydrogens is 204 g/mol. The lowest BCUT2D eigenvalue weighted by Gasteiger charge is -2.13. The fourth-order valence-corrected chi connectivity index (χ4v) is 1.81. The molecule has 1 fully saturated rings. The zero-order chi connectivity index (χ0) is 11.5. The van der Waals surface area contributed by atoms with Gasteiger partial charge < -0.3 is 10.4 Å². The molecule has 0 aromatic carbocycles. The number of carboxylic acid groups (broad SMARTS) is 1. The minimum Gasteiger partial charge on any atom is -0.478 e. The zero-order valence-corrected chi connectivity index (χ0v) is 9.31. The Morgan fingerprint density at radius 1 is 1.69 bits per heavy atom. The van der Waals surface area contributed by atoms with Crippen molar-refractivity contribution >= 4 is 11.8 Å². The van der Waals surface area contributed by atoms with Gasteiger partial charge >= 0.3 is 5.97 Å². The number of aromatic nitrogens is 1. The highest BCUT2D eigenvalue weighted by molar-refractivity contribution is 5.88. The molecule has 0 bridgehead atoms. The van der Waals surface area contributed by atoms with Crippen molar-refractivity contribution < 1.29 is 9.90 Å². The molecule has 1 aliphatic carbocycles. The number of nitrogens with one attached hydrogen (secondary N) is 1. The van der Waals surface area contributed by atoms with Crippen molar-refractivity contribution in [2.24, 2.45) is 5.92 Å². The van der Waals surface area contributed by atoms with Crippen molar-refractivity contribution in [3.63, 3.8) is 0 Å². The van der Waals surface area contributed by atoms with E-state index in [-0.39, 0.29) is 5.56 Å². The maximum atomic E-state index is 10.8. The number of carboxylic acids is 1. The molecule has 0 amide bonds. The van der Waals surface area contributed by atoms with E-state index < -0.39 is 5.97 Å². The largest absolute Gasteiger partial charge is 0.478 e. The van der Waals surface area contributed by atoms with Crippen LogP contribution in [0.1, 0.15) is 36.5 Å². The molecule has 1 saturated carbocycles. The number of hydrogen-bond acceptors (Lipinski definition) is 3. The van der Waals surface area contributed by atoms with Gasteiger partial charge in [0.15, 0.2) is 0 Å². The van der Waals surface area contributed by atoms with Crippen molar-refractivity contribution in [2.45, 2.75) is 32.2 Å². The van der Waals surface area contributed by atoms with Gasteiger partial charge in [0.25, 0.3) is 0 Å². The molecule has 4 heteroatoms. The molecule has 1 aliphatic rings. The highest BCUT2D eigenvalue weighted by Crippen LogP contribution is 2.33. The monoisotopic (exact) mass is 220 g/mol. The second-order valence-corrected chi connectivity index (χ2v) is 4.46. The van der Waals surface area contributed by atoms with Crippen molar-refractivity contribution in [2.75, 3.05) is 5.32 Å². The van der Waals surface area contributed by atoms with Gasteiger partial charge in [0.05, 0.1) is 5.56 Å². The van der Waals surface area contributed by atoms with Crippen LogP contribution in [0.3, 0.4) is 0 Å². The Morgan fingerprint density at radius 2 is 2.44 bits per heavy atom. The molecule has 1 aromatic heterocycles. The SMILES string of the molecule is CC(CC1CC1)Nc1cc(C(=O)O)ccn1. The topological polar surface area (TPSA) is 62.2 Å². The minimum absolute atomic E-state index is 0.274. The van der Waals surface area contributed by atoms with Gasteiger partial charge in [-0.2, -0.15) is 0 Å². The maximum absolute atomic E-state index is 10.8. The van der Waals surface area contributed by atoms with E-state index in [1.807, 2.05) is 0 Å². The van der Waals surface area contributed by atoms with Gasteiger partial charge in [-0.25, -0.2) is 9.78 Å². The second kappa shape index (κ2) is 4.51. The summed E-state index contributed by atoms with van der Waals surface area (Å²) in [5.74, 6) is 0.582. The summed E-state index contributed by atoms with van der Waals surface area (Å²) in [5.41, 5.74) is 0.274. The van der Waals surface area contributed by atoms with Crippen molar-refractivity contribution in [1.29, 1.82) is 0 Å². The van der Waals surface area contributed by atoms with E-state index in [9.17, 15) is 4.79 Å². The Balaban J connectivity index is 1.96. The van der Waals surface area contributed by atoms with Crippen LogP contribution in [0, 0.1) is 5.92 Å². The van der Waals surface area contributed by atoms with Crippen molar-refractivity contribution in [3.05, 3.63) is 23.9 Å². The van der Waals surface area contributed by atoms with E-state index in [4.69, 9.17) is 5.11 Å². The lowest BCUT2D eigenvalue weighted by Crippen LogP contribution is -2.17. The predicted molar refractivity (Wildman–Crippen MR) is 61.6 cm³/mol. The van der Waals surface area contributed by atoms with Crippen LogP contribution in [0.5, 0.6) is 0 Å². The number of hydrogen-bond donors (Lipinski definition) is 2. The van der Waals surface area contributed by atoms with E-state index in [0.29, 0.717) is 11.9 Å². The Kier molecular flexibility index (Phi) is 3.08. The first-order valence-corrected chi connectivity index (χ1v) is 5.61. The van der Waals surface area contributed by atoms with Crippen LogP contribution in [0.25, 0.3) is 0 Å². The van der Waals surface area contributed by atoms with Gasteiger partial charge in [-0.3, -0.25) is 0 Å². The van der Waals surface area contributed by atoms with Gasteiger partial charge in [0.2, 0.25) is 0 Å². The Hall–Kier alpha value is -1.58.